The van der Waals surface area contributed by atoms with Crippen molar-refractivity contribution < 1.29 is 0 Å². The summed E-state index contributed by atoms with van der Waals surface area (Å²) in [5, 5.41) is 3.52. The minimum absolute atomic E-state index is 0.0394. The fraction of sp³-hybridized carbons (Fsp3) is 0.282. The van der Waals surface area contributed by atoms with E-state index in [1.165, 1.54) is 28.7 Å². The number of allylic oxidation sites excluding steroid dienone is 8. The summed E-state index contributed by atoms with van der Waals surface area (Å²) in [6.45, 7) is 9.70. The van der Waals surface area contributed by atoms with E-state index in [0.29, 0.717) is 11.8 Å². The van der Waals surface area contributed by atoms with Crippen LogP contribution < -0.4 is 5.32 Å². The van der Waals surface area contributed by atoms with Gasteiger partial charge in [-0.05, 0) is 69.2 Å². The molecule has 3 aromatic carbocycles. The SMILES string of the molecule is CC1(C)C2=CC3C(C=C2c2cc(C4N=C(c5ccccc5)NC(c5ccccc5)=N4)ccc21)C1=CCCC=C1C3(C)C. The normalized spacial score (nSPS) is 24.9. The first-order valence-electron chi connectivity index (χ1n) is 15.4. The quantitative estimate of drug-likeness (QED) is 0.350. The molecule has 3 nitrogen and oxygen atoms in total. The molecule has 8 rings (SSSR count). The Balaban J connectivity index is 1.25. The molecule has 0 spiro atoms. The molecule has 5 aliphatic rings. The molecule has 1 saturated carbocycles. The van der Waals surface area contributed by atoms with Crippen LogP contribution in [-0.2, 0) is 5.41 Å². The van der Waals surface area contributed by atoms with Gasteiger partial charge in [-0.15, -0.1) is 0 Å². The molecule has 0 aromatic heterocycles. The zero-order valence-corrected chi connectivity index (χ0v) is 24.9. The van der Waals surface area contributed by atoms with E-state index in [4.69, 9.17) is 9.98 Å². The van der Waals surface area contributed by atoms with Crippen molar-refractivity contribution in [1.29, 1.82) is 0 Å². The van der Waals surface area contributed by atoms with Gasteiger partial charge in [-0.3, -0.25) is 0 Å². The highest BCUT2D eigenvalue weighted by Gasteiger charge is 2.51. The molecule has 3 aromatic rings. The lowest BCUT2D eigenvalue weighted by molar-refractivity contribution is 0.330. The first-order valence-corrected chi connectivity index (χ1v) is 15.4. The maximum atomic E-state index is 5.16. The van der Waals surface area contributed by atoms with Crippen molar-refractivity contribution in [3.63, 3.8) is 0 Å². The number of nitrogens with one attached hydrogen (secondary N) is 1. The fourth-order valence-corrected chi connectivity index (χ4v) is 8.01. The summed E-state index contributed by atoms with van der Waals surface area (Å²) >= 11 is 0. The Labute approximate surface area is 249 Å². The first kappa shape index (κ1) is 25.5. The summed E-state index contributed by atoms with van der Waals surface area (Å²) in [5.41, 5.74) is 12.2. The smallest absolute Gasteiger partial charge is 0.169 e. The van der Waals surface area contributed by atoms with Crippen LogP contribution in [-0.4, -0.2) is 11.7 Å². The third kappa shape index (κ3) is 3.72. The Morgan fingerprint density at radius 1 is 0.714 bits per heavy atom. The Hall–Kier alpha value is -4.24. The van der Waals surface area contributed by atoms with Crippen molar-refractivity contribution in [1.82, 2.24) is 5.32 Å². The largest absolute Gasteiger partial charge is 0.324 e. The second kappa shape index (κ2) is 9.13. The van der Waals surface area contributed by atoms with E-state index in [-0.39, 0.29) is 17.0 Å². The molecule has 1 heterocycles. The average molecular weight is 548 g/mol. The van der Waals surface area contributed by atoms with E-state index in [1.54, 1.807) is 11.1 Å². The van der Waals surface area contributed by atoms with Crippen LogP contribution in [0.4, 0.5) is 0 Å². The molecular weight excluding hydrogens is 510 g/mol. The Morgan fingerprint density at radius 2 is 1.36 bits per heavy atom. The van der Waals surface area contributed by atoms with Crippen LogP contribution in [0.3, 0.4) is 0 Å². The van der Waals surface area contributed by atoms with Crippen molar-refractivity contribution >= 4 is 17.2 Å². The predicted octanol–water partition coefficient (Wildman–Crippen LogP) is 8.72. The molecule has 42 heavy (non-hydrogen) atoms. The average Bonchev–Trinajstić information content (AvgIpc) is 3.40. The third-order valence-corrected chi connectivity index (χ3v) is 10.3. The minimum atomic E-state index is -0.323. The van der Waals surface area contributed by atoms with E-state index in [1.807, 2.05) is 12.1 Å². The number of aliphatic imine (C=N–C) groups is 2. The molecule has 3 heteroatoms. The number of rotatable bonds is 3. The van der Waals surface area contributed by atoms with Crippen LogP contribution in [0.5, 0.6) is 0 Å². The highest BCUT2D eigenvalue weighted by molar-refractivity contribution is 6.15. The van der Waals surface area contributed by atoms with Crippen LogP contribution in [0, 0.1) is 17.3 Å². The molecule has 2 atom stereocenters. The summed E-state index contributed by atoms with van der Waals surface area (Å²) in [7, 11) is 0. The summed E-state index contributed by atoms with van der Waals surface area (Å²) in [6.07, 6.45) is 12.3. The molecule has 0 saturated heterocycles. The van der Waals surface area contributed by atoms with E-state index >= 15 is 0 Å². The molecule has 4 aliphatic carbocycles. The van der Waals surface area contributed by atoms with E-state index < -0.39 is 0 Å². The molecule has 208 valence electrons. The zero-order valence-electron chi connectivity index (χ0n) is 24.9. The molecular formula is C39H37N3. The van der Waals surface area contributed by atoms with Gasteiger partial charge in [-0.1, -0.05) is 125 Å². The summed E-state index contributed by atoms with van der Waals surface area (Å²) < 4.78 is 0. The van der Waals surface area contributed by atoms with Crippen molar-refractivity contribution in [3.05, 3.63) is 148 Å². The van der Waals surface area contributed by atoms with Gasteiger partial charge < -0.3 is 5.32 Å². The van der Waals surface area contributed by atoms with Crippen LogP contribution >= 0.6 is 0 Å². The van der Waals surface area contributed by atoms with Crippen molar-refractivity contribution in [2.45, 2.75) is 52.1 Å². The monoisotopic (exact) mass is 547 g/mol. The van der Waals surface area contributed by atoms with Crippen LogP contribution in [0.1, 0.15) is 74.5 Å². The predicted molar refractivity (Wildman–Crippen MR) is 174 cm³/mol. The zero-order chi connectivity index (χ0) is 28.6. The summed E-state index contributed by atoms with van der Waals surface area (Å²) in [6, 6.07) is 27.7. The van der Waals surface area contributed by atoms with Crippen molar-refractivity contribution in [2.75, 3.05) is 0 Å². The minimum Gasteiger partial charge on any atom is -0.324 e. The van der Waals surface area contributed by atoms with Gasteiger partial charge >= 0.3 is 0 Å². The Morgan fingerprint density at radius 3 is 2.02 bits per heavy atom. The number of fused-ring (bicyclic) bond motifs is 6. The lowest BCUT2D eigenvalue weighted by atomic mass is 9.70. The van der Waals surface area contributed by atoms with Gasteiger partial charge in [-0.2, -0.15) is 0 Å². The molecule has 0 radical (unpaired) electrons. The van der Waals surface area contributed by atoms with Crippen molar-refractivity contribution in [2.24, 2.45) is 27.2 Å². The lowest BCUT2D eigenvalue weighted by Gasteiger charge is -2.33. The third-order valence-electron chi connectivity index (χ3n) is 10.3. The van der Waals surface area contributed by atoms with Gasteiger partial charge in [0.2, 0.25) is 0 Å². The lowest BCUT2D eigenvalue weighted by Crippen LogP contribution is -2.36. The van der Waals surface area contributed by atoms with E-state index in [9.17, 15) is 0 Å². The van der Waals surface area contributed by atoms with Gasteiger partial charge in [0, 0.05) is 22.5 Å². The maximum Gasteiger partial charge on any atom is 0.169 e. The summed E-state index contributed by atoms with van der Waals surface area (Å²) in [4.78, 5) is 10.3. The van der Waals surface area contributed by atoms with Crippen LogP contribution in [0.15, 0.2) is 130 Å². The number of hydrogen-bond donors (Lipinski definition) is 1. The topological polar surface area (TPSA) is 36.8 Å². The second-order valence-corrected chi connectivity index (χ2v) is 13.4. The Bertz CT molecular complexity index is 1740. The highest BCUT2D eigenvalue weighted by Crippen LogP contribution is 2.62. The molecule has 0 amide bonds. The van der Waals surface area contributed by atoms with E-state index in [0.717, 1.165) is 34.8 Å². The van der Waals surface area contributed by atoms with Gasteiger partial charge in [0.15, 0.2) is 6.17 Å². The van der Waals surface area contributed by atoms with Gasteiger partial charge in [0.1, 0.15) is 11.7 Å². The molecule has 1 aliphatic heterocycles. The number of amidine groups is 2. The van der Waals surface area contributed by atoms with Gasteiger partial charge in [0.25, 0.3) is 0 Å². The first-order chi connectivity index (χ1) is 20.3. The van der Waals surface area contributed by atoms with Crippen LogP contribution in [0.25, 0.3) is 5.57 Å². The number of hydrogen-bond acceptors (Lipinski definition) is 3. The number of benzene rings is 3. The van der Waals surface area contributed by atoms with Crippen LogP contribution in [0.2, 0.25) is 0 Å². The Kier molecular flexibility index (Phi) is 5.54. The standard InChI is InChI=1S/C39H37N3/c1-38(2)31-18-12-11-17-27(31)29-22-30-28-21-26(19-20-32(28)39(3,4)34(30)23-33(29)38)37-41-35(24-13-7-5-8-14-24)40-36(42-37)25-15-9-6-10-16-25/h5-10,13-23,29,33,37H,11-12H2,1-4H3,(H,40,41,42). The summed E-state index contributed by atoms with van der Waals surface area (Å²) in [5.74, 6) is 2.65. The maximum absolute atomic E-state index is 5.16. The molecule has 2 unspecified atom stereocenters. The molecule has 1 N–H and O–H groups in total. The van der Waals surface area contributed by atoms with Gasteiger partial charge in [-0.25, -0.2) is 9.98 Å². The van der Waals surface area contributed by atoms with Crippen molar-refractivity contribution in [3.8, 4) is 0 Å². The number of nitrogens with zero attached hydrogens (tertiary/aromatic N) is 2. The van der Waals surface area contributed by atoms with Gasteiger partial charge in [0.05, 0.1) is 0 Å². The second-order valence-electron chi connectivity index (χ2n) is 13.4. The molecule has 0 bridgehead atoms. The molecule has 1 fully saturated rings. The fourth-order valence-electron chi connectivity index (χ4n) is 8.01. The highest BCUT2D eigenvalue weighted by atomic mass is 15.2. The van der Waals surface area contributed by atoms with E-state index in [2.05, 4.69) is 124 Å².